The Labute approximate surface area is 190 Å². The molecule has 0 spiro atoms. The van der Waals surface area contributed by atoms with Crippen LogP contribution in [0.4, 0.5) is 0 Å². The number of carbonyl (C=O) groups is 1. The molecule has 2 aromatic carbocycles. The summed E-state index contributed by atoms with van der Waals surface area (Å²) in [7, 11) is 0. The van der Waals surface area contributed by atoms with Crippen LogP contribution in [0.3, 0.4) is 0 Å². The number of carbonyl (C=O) groups excluding carboxylic acids is 1. The van der Waals surface area contributed by atoms with Gasteiger partial charge in [0.2, 0.25) is 5.91 Å². The van der Waals surface area contributed by atoms with Crippen LogP contribution in [0.25, 0.3) is 0 Å². The Morgan fingerprint density at radius 2 is 1.93 bits per heavy atom. The Morgan fingerprint density at radius 3 is 2.63 bits per heavy atom. The molecule has 0 fully saturated rings. The molecule has 30 heavy (non-hydrogen) atoms. The summed E-state index contributed by atoms with van der Waals surface area (Å²) in [6.45, 7) is 2.67. The van der Waals surface area contributed by atoms with Crippen LogP contribution in [0.2, 0.25) is 0 Å². The molecule has 1 amide bonds. The van der Waals surface area contributed by atoms with Gasteiger partial charge >= 0.3 is 0 Å². The molecular weight excluding hydrogens is 495 g/mol. The lowest BCUT2D eigenvalue weighted by molar-refractivity contribution is -0.118. The minimum Gasteiger partial charge on any atom is -0.482 e. The number of benzene rings is 2. The molecule has 1 aliphatic rings. The van der Waals surface area contributed by atoms with E-state index < -0.39 is 12.2 Å². The SMILES string of the molecule is Cc1ccc(CN[C@@H]2CC(C(=O)NCCO)=C[C@H](Oc3ccccc3I)[C@H]2O)cc1. The highest BCUT2D eigenvalue weighted by Crippen LogP contribution is 2.27. The van der Waals surface area contributed by atoms with Crippen LogP contribution in [-0.4, -0.2) is 47.5 Å². The van der Waals surface area contributed by atoms with E-state index in [1.54, 1.807) is 6.08 Å². The summed E-state index contributed by atoms with van der Waals surface area (Å²) in [5.74, 6) is 0.405. The van der Waals surface area contributed by atoms with Crippen molar-refractivity contribution in [3.63, 3.8) is 0 Å². The lowest BCUT2D eigenvalue weighted by Gasteiger charge is -2.34. The Kier molecular flexibility index (Phi) is 8.26. The van der Waals surface area contributed by atoms with Gasteiger partial charge in [0, 0.05) is 24.7 Å². The van der Waals surface area contributed by atoms with E-state index >= 15 is 0 Å². The van der Waals surface area contributed by atoms with Gasteiger partial charge in [-0.2, -0.15) is 0 Å². The first-order chi connectivity index (χ1) is 14.5. The third-order valence-electron chi connectivity index (χ3n) is 5.03. The molecule has 0 bridgehead atoms. The van der Waals surface area contributed by atoms with Crippen molar-refractivity contribution in [3.05, 3.63) is 74.9 Å². The molecule has 0 aliphatic heterocycles. The van der Waals surface area contributed by atoms with E-state index in [-0.39, 0.29) is 25.1 Å². The zero-order chi connectivity index (χ0) is 21.5. The highest BCUT2D eigenvalue weighted by molar-refractivity contribution is 14.1. The molecule has 3 rings (SSSR count). The number of para-hydroxylation sites is 1. The maximum absolute atomic E-state index is 12.5. The molecule has 0 saturated carbocycles. The minimum atomic E-state index is -0.819. The first-order valence-corrected chi connectivity index (χ1v) is 11.0. The van der Waals surface area contributed by atoms with Crippen LogP contribution in [0.5, 0.6) is 5.75 Å². The number of nitrogens with one attached hydrogen (secondary N) is 2. The van der Waals surface area contributed by atoms with Crippen molar-refractivity contribution >= 4 is 28.5 Å². The van der Waals surface area contributed by atoms with Crippen molar-refractivity contribution in [2.45, 2.75) is 38.1 Å². The predicted octanol–water partition coefficient (Wildman–Crippen LogP) is 2.30. The van der Waals surface area contributed by atoms with Gasteiger partial charge in [-0.05, 0) is 59.7 Å². The van der Waals surface area contributed by atoms with Crippen molar-refractivity contribution in [2.75, 3.05) is 13.2 Å². The van der Waals surface area contributed by atoms with E-state index in [1.165, 1.54) is 5.56 Å². The van der Waals surface area contributed by atoms with Gasteiger partial charge in [-0.15, -0.1) is 0 Å². The van der Waals surface area contributed by atoms with E-state index in [0.29, 0.717) is 24.3 Å². The summed E-state index contributed by atoms with van der Waals surface area (Å²) in [5.41, 5.74) is 2.82. The second-order valence-electron chi connectivity index (χ2n) is 7.35. The second-order valence-corrected chi connectivity index (χ2v) is 8.51. The highest BCUT2D eigenvalue weighted by Gasteiger charge is 2.35. The summed E-state index contributed by atoms with van der Waals surface area (Å²) in [6, 6.07) is 15.4. The van der Waals surface area contributed by atoms with Crippen molar-refractivity contribution in [1.29, 1.82) is 0 Å². The molecule has 2 aromatic rings. The number of aliphatic hydroxyl groups excluding tert-OH is 2. The molecule has 1 aliphatic carbocycles. The third kappa shape index (κ3) is 6.04. The van der Waals surface area contributed by atoms with E-state index in [9.17, 15) is 9.90 Å². The molecule has 0 saturated heterocycles. The molecule has 0 aromatic heterocycles. The average Bonchev–Trinajstić information content (AvgIpc) is 2.75. The van der Waals surface area contributed by atoms with Gasteiger partial charge in [-0.1, -0.05) is 42.0 Å². The van der Waals surface area contributed by atoms with Crippen molar-refractivity contribution in [2.24, 2.45) is 0 Å². The summed E-state index contributed by atoms with van der Waals surface area (Å²) in [4.78, 5) is 12.5. The second kappa shape index (κ2) is 10.9. The number of ether oxygens (including phenoxy) is 1. The Hall–Kier alpha value is -1.94. The fourth-order valence-corrected chi connectivity index (χ4v) is 3.86. The number of aryl methyl sites for hydroxylation is 1. The van der Waals surface area contributed by atoms with Crippen molar-refractivity contribution in [3.8, 4) is 5.75 Å². The van der Waals surface area contributed by atoms with Crippen LogP contribution >= 0.6 is 22.6 Å². The standard InChI is InChI=1S/C23H27IN2O4/c1-15-6-8-16(9-7-15)14-26-19-12-17(23(29)25-10-11-27)13-21(22(19)28)30-20-5-3-2-4-18(20)24/h2-9,13,19,21-22,26-28H,10-12,14H2,1H3,(H,25,29)/t19-,21+,22+/m1/s1. The molecule has 3 atom stereocenters. The normalized spacial score (nSPS) is 21.1. The Morgan fingerprint density at radius 1 is 1.20 bits per heavy atom. The van der Waals surface area contributed by atoms with E-state index in [4.69, 9.17) is 9.84 Å². The maximum Gasteiger partial charge on any atom is 0.247 e. The van der Waals surface area contributed by atoms with Gasteiger partial charge in [0.1, 0.15) is 18.0 Å². The van der Waals surface area contributed by atoms with E-state index in [0.717, 1.165) is 9.13 Å². The Balaban J connectivity index is 1.77. The van der Waals surface area contributed by atoms with Gasteiger partial charge in [0.25, 0.3) is 0 Å². The monoisotopic (exact) mass is 522 g/mol. The van der Waals surface area contributed by atoms with Crippen molar-refractivity contribution in [1.82, 2.24) is 10.6 Å². The first kappa shape index (κ1) is 22.7. The summed E-state index contributed by atoms with van der Waals surface area (Å²) >= 11 is 2.18. The smallest absolute Gasteiger partial charge is 0.247 e. The number of hydrogen-bond donors (Lipinski definition) is 4. The molecule has 0 heterocycles. The van der Waals surface area contributed by atoms with Gasteiger partial charge in [0.15, 0.2) is 0 Å². The van der Waals surface area contributed by atoms with Crippen LogP contribution in [0.15, 0.2) is 60.2 Å². The van der Waals surface area contributed by atoms with E-state index in [2.05, 4.69) is 33.2 Å². The van der Waals surface area contributed by atoms with E-state index in [1.807, 2.05) is 55.5 Å². The van der Waals surface area contributed by atoms with Gasteiger partial charge in [-0.25, -0.2) is 0 Å². The molecule has 0 unspecified atom stereocenters. The lowest BCUT2D eigenvalue weighted by Crippen LogP contribution is -2.51. The molecule has 160 valence electrons. The number of hydrogen-bond acceptors (Lipinski definition) is 5. The zero-order valence-electron chi connectivity index (χ0n) is 16.8. The van der Waals surface area contributed by atoms with Crippen LogP contribution in [0, 0.1) is 10.5 Å². The van der Waals surface area contributed by atoms with Crippen LogP contribution in [0.1, 0.15) is 17.5 Å². The fraction of sp³-hybridized carbons (Fsp3) is 0.348. The summed E-state index contributed by atoms with van der Waals surface area (Å²) in [5, 5.41) is 26.0. The fourth-order valence-electron chi connectivity index (χ4n) is 3.34. The predicted molar refractivity (Wildman–Crippen MR) is 124 cm³/mol. The van der Waals surface area contributed by atoms with Crippen LogP contribution < -0.4 is 15.4 Å². The van der Waals surface area contributed by atoms with Crippen LogP contribution in [-0.2, 0) is 11.3 Å². The van der Waals surface area contributed by atoms with Gasteiger partial charge in [0.05, 0.1) is 10.2 Å². The summed E-state index contributed by atoms with van der Waals surface area (Å²) < 4.78 is 7.01. The largest absolute Gasteiger partial charge is 0.482 e. The maximum atomic E-state index is 12.5. The van der Waals surface area contributed by atoms with Gasteiger partial charge < -0.3 is 25.6 Å². The molecule has 0 radical (unpaired) electrons. The highest BCUT2D eigenvalue weighted by atomic mass is 127. The van der Waals surface area contributed by atoms with Crippen molar-refractivity contribution < 1.29 is 19.7 Å². The quantitative estimate of drug-likeness (QED) is 0.400. The molecular formula is C23H27IN2O4. The minimum absolute atomic E-state index is 0.126. The number of amides is 1. The molecule has 6 nitrogen and oxygen atoms in total. The zero-order valence-corrected chi connectivity index (χ0v) is 19.0. The Bertz CT molecular complexity index is 885. The summed E-state index contributed by atoms with van der Waals surface area (Å²) in [6.07, 6.45) is 0.571. The van der Waals surface area contributed by atoms with Gasteiger partial charge in [-0.3, -0.25) is 4.79 Å². The average molecular weight is 522 g/mol. The first-order valence-electron chi connectivity index (χ1n) is 9.96. The number of halogens is 1. The number of aliphatic hydroxyl groups is 2. The third-order valence-corrected chi connectivity index (χ3v) is 5.92. The topological polar surface area (TPSA) is 90.8 Å². The molecule has 7 heteroatoms. The number of rotatable bonds is 8. The molecule has 4 N–H and O–H groups in total. The lowest BCUT2D eigenvalue weighted by atomic mass is 9.89.